The fraction of sp³-hybridized carbons (Fsp3) is 0.333. The average Bonchev–Trinajstić information content (AvgIpc) is 3.13. The van der Waals surface area contributed by atoms with Crippen LogP contribution in [0.25, 0.3) is 5.82 Å². The number of hydrogen-bond donors (Lipinski definition) is 0. The third kappa shape index (κ3) is 4.71. The summed E-state index contributed by atoms with van der Waals surface area (Å²) in [5.74, 6) is -0.438. The zero-order valence-corrected chi connectivity index (χ0v) is 19.0. The molecule has 0 unspecified atom stereocenters. The van der Waals surface area contributed by atoms with Crippen molar-refractivity contribution in [3.63, 3.8) is 0 Å². The Morgan fingerprint density at radius 2 is 1.67 bits per heavy atom. The van der Waals surface area contributed by atoms with Crippen molar-refractivity contribution >= 4 is 15.9 Å². The molecular formula is C21H23FN6O4S. The van der Waals surface area contributed by atoms with E-state index in [1.807, 2.05) is 19.9 Å². The van der Waals surface area contributed by atoms with Crippen LogP contribution in [0.2, 0.25) is 0 Å². The smallest absolute Gasteiger partial charge is 0.267 e. The maximum atomic E-state index is 13.1. The highest BCUT2D eigenvalue weighted by molar-refractivity contribution is 7.89. The van der Waals surface area contributed by atoms with E-state index in [9.17, 15) is 22.4 Å². The van der Waals surface area contributed by atoms with E-state index in [1.165, 1.54) is 27.4 Å². The summed E-state index contributed by atoms with van der Waals surface area (Å²) in [7, 11) is -3.78. The van der Waals surface area contributed by atoms with E-state index in [4.69, 9.17) is 0 Å². The predicted octanol–water partition coefficient (Wildman–Crippen LogP) is 0.718. The Kier molecular flexibility index (Phi) is 6.13. The lowest BCUT2D eigenvalue weighted by molar-refractivity contribution is -0.133. The van der Waals surface area contributed by atoms with Crippen molar-refractivity contribution in [2.75, 3.05) is 26.2 Å². The molecule has 4 rings (SSSR count). The van der Waals surface area contributed by atoms with Crippen molar-refractivity contribution in [1.82, 2.24) is 28.8 Å². The second-order valence-electron chi connectivity index (χ2n) is 7.77. The van der Waals surface area contributed by atoms with Crippen LogP contribution in [0, 0.1) is 19.7 Å². The first kappa shape index (κ1) is 22.8. The molecule has 3 heterocycles. The molecule has 1 aromatic carbocycles. The van der Waals surface area contributed by atoms with Crippen LogP contribution in [0.15, 0.2) is 52.2 Å². The normalized spacial score (nSPS) is 15.1. The summed E-state index contributed by atoms with van der Waals surface area (Å²) >= 11 is 0. The van der Waals surface area contributed by atoms with E-state index >= 15 is 0 Å². The summed E-state index contributed by atoms with van der Waals surface area (Å²) in [6.07, 6.45) is 0. The first-order valence-corrected chi connectivity index (χ1v) is 11.7. The molecule has 0 atom stereocenters. The van der Waals surface area contributed by atoms with Gasteiger partial charge in [0.2, 0.25) is 15.9 Å². The van der Waals surface area contributed by atoms with Crippen LogP contribution >= 0.6 is 0 Å². The van der Waals surface area contributed by atoms with E-state index < -0.39 is 21.4 Å². The lowest BCUT2D eigenvalue weighted by atomic mass is 10.3. The number of aryl methyl sites for hydroxylation is 2. The number of aromatic nitrogens is 4. The van der Waals surface area contributed by atoms with Crippen LogP contribution in [0.5, 0.6) is 0 Å². The van der Waals surface area contributed by atoms with Gasteiger partial charge in [-0.3, -0.25) is 9.59 Å². The fourth-order valence-electron chi connectivity index (χ4n) is 3.69. The second-order valence-corrected chi connectivity index (χ2v) is 9.70. The van der Waals surface area contributed by atoms with Crippen LogP contribution in [-0.4, -0.2) is 69.3 Å². The van der Waals surface area contributed by atoms with Crippen molar-refractivity contribution in [1.29, 1.82) is 0 Å². The number of hydrogen-bond acceptors (Lipinski definition) is 6. The number of carbonyl (C=O) groups is 1. The second kappa shape index (κ2) is 8.87. The van der Waals surface area contributed by atoms with Gasteiger partial charge in [0.05, 0.1) is 10.6 Å². The van der Waals surface area contributed by atoms with Gasteiger partial charge < -0.3 is 4.90 Å². The van der Waals surface area contributed by atoms with E-state index in [-0.39, 0.29) is 43.5 Å². The van der Waals surface area contributed by atoms with Gasteiger partial charge >= 0.3 is 0 Å². The van der Waals surface area contributed by atoms with Crippen molar-refractivity contribution in [2.45, 2.75) is 25.3 Å². The molecule has 0 spiro atoms. The standard InChI is InChI=1S/C21H23FN6O4S/c1-15-13-16(2)28(23-15)19-7-8-20(29)27(24-19)14-21(30)25-9-11-26(12-10-25)33(31,32)18-5-3-17(22)4-6-18/h3-8,13H,9-12,14H2,1-2H3. The van der Waals surface area contributed by atoms with Gasteiger partial charge in [-0.1, -0.05) is 0 Å². The van der Waals surface area contributed by atoms with Crippen molar-refractivity contribution in [3.05, 3.63) is 70.0 Å². The van der Waals surface area contributed by atoms with Gasteiger partial charge in [-0.05, 0) is 50.2 Å². The topological polar surface area (TPSA) is 110 Å². The molecule has 12 heteroatoms. The Morgan fingerprint density at radius 1 is 1.00 bits per heavy atom. The Morgan fingerprint density at radius 3 is 2.27 bits per heavy atom. The van der Waals surface area contributed by atoms with Crippen LogP contribution in [0.1, 0.15) is 11.4 Å². The molecule has 1 amide bonds. The SMILES string of the molecule is Cc1cc(C)n(-c2ccc(=O)n(CC(=O)N3CCN(S(=O)(=O)c4ccc(F)cc4)CC3)n2)n1. The van der Waals surface area contributed by atoms with Gasteiger partial charge in [-0.2, -0.15) is 9.40 Å². The summed E-state index contributed by atoms with van der Waals surface area (Å²) < 4.78 is 42.5. The minimum absolute atomic E-state index is 0.000366. The highest BCUT2D eigenvalue weighted by Crippen LogP contribution is 2.18. The third-order valence-electron chi connectivity index (χ3n) is 5.41. The molecule has 1 aliphatic rings. The van der Waals surface area contributed by atoms with Gasteiger partial charge in [-0.25, -0.2) is 22.2 Å². The highest BCUT2D eigenvalue weighted by atomic mass is 32.2. The highest BCUT2D eigenvalue weighted by Gasteiger charge is 2.30. The minimum atomic E-state index is -3.78. The summed E-state index contributed by atoms with van der Waals surface area (Å²) in [6, 6.07) is 9.38. The van der Waals surface area contributed by atoms with Gasteiger partial charge in [0.15, 0.2) is 5.82 Å². The zero-order chi connectivity index (χ0) is 23.8. The zero-order valence-electron chi connectivity index (χ0n) is 18.2. The number of amides is 1. The summed E-state index contributed by atoms with van der Waals surface area (Å²) in [4.78, 5) is 26.6. The van der Waals surface area contributed by atoms with Gasteiger partial charge in [-0.15, -0.1) is 5.10 Å². The number of halogens is 1. The van der Waals surface area contributed by atoms with Crippen molar-refractivity contribution in [3.8, 4) is 5.82 Å². The molecule has 174 valence electrons. The van der Waals surface area contributed by atoms with Crippen LogP contribution in [-0.2, 0) is 21.4 Å². The van der Waals surface area contributed by atoms with Gasteiger partial charge in [0.25, 0.3) is 5.56 Å². The maximum absolute atomic E-state index is 13.1. The molecule has 0 bridgehead atoms. The number of nitrogens with zero attached hydrogens (tertiary/aromatic N) is 6. The Hall–Kier alpha value is -3.38. The summed E-state index contributed by atoms with van der Waals surface area (Å²) in [5, 5.41) is 8.61. The van der Waals surface area contributed by atoms with Gasteiger partial charge in [0, 0.05) is 37.9 Å². The Balaban J connectivity index is 1.43. The number of rotatable bonds is 5. The number of piperazine rings is 1. The molecule has 1 saturated heterocycles. The minimum Gasteiger partial charge on any atom is -0.338 e. The quantitative estimate of drug-likeness (QED) is 0.539. The Labute approximate surface area is 189 Å². The lowest BCUT2D eigenvalue weighted by Gasteiger charge is -2.34. The molecule has 0 N–H and O–H groups in total. The Bertz CT molecular complexity index is 1340. The van der Waals surface area contributed by atoms with Crippen molar-refractivity contribution in [2.24, 2.45) is 0 Å². The largest absolute Gasteiger partial charge is 0.338 e. The monoisotopic (exact) mass is 474 g/mol. The van der Waals surface area contributed by atoms with E-state index in [0.29, 0.717) is 5.82 Å². The number of sulfonamides is 1. The molecule has 0 radical (unpaired) electrons. The van der Waals surface area contributed by atoms with Crippen LogP contribution < -0.4 is 5.56 Å². The predicted molar refractivity (Wildman–Crippen MR) is 117 cm³/mol. The van der Waals surface area contributed by atoms with Crippen molar-refractivity contribution < 1.29 is 17.6 Å². The van der Waals surface area contributed by atoms with E-state index in [0.717, 1.165) is 28.2 Å². The van der Waals surface area contributed by atoms with E-state index in [2.05, 4.69) is 10.2 Å². The van der Waals surface area contributed by atoms with E-state index in [1.54, 1.807) is 10.7 Å². The molecule has 0 saturated carbocycles. The third-order valence-corrected chi connectivity index (χ3v) is 7.32. The molecule has 10 nitrogen and oxygen atoms in total. The summed E-state index contributed by atoms with van der Waals surface area (Å²) in [5.41, 5.74) is 1.22. The number of carbonyl (C=O) groups excluding carboxylic acids is 1. The first-order valence-electron chi connectivity index (χ1n) is 10.3. The maximum Gasteiger partial charge on any atom is 0.267 e. The fourth-order valence-corrected chi connectivity index (χ4v) is 5.11. The number of benzene rings is 1. The molecule has 33 heavy (non-hydrogen) atoms. The van der Waals surface area contributed by atoms with Crippen LogP contribution in [0.3, 0.4) is 0 Å². The first-order chi connectivity index (χ1) is 15.6. The summed E-state index contributed by atoms with van der Waals surface area (Å²) in [6.45, 7) is 3.98. The molecule has 1 aliphatic heterocycles. The van der Waals surface area contributed by atoms with Gasteiger partial charge in [0.1, 0.15) is 12.4 Å². The molecule has 0 aliphatic carbocycles. The molecular weight excluding hydrogens is 451 g/mol. The molecule has 3 aromatic rings. The lowest BCUT2D eigenvalue weighted by Crippen LogP contribution is -2.51. The van der Waals surface area contributed by atoms with Crippen LogP contribution in [0.4, 0.5) is 4.39 Å². The molecule has 1 fully saturated rings. The molecule has 2 aromatic heterocycles. The average molecular weight is 475 g/mol.